The van der Waals surface area contributed by atoms with E-state index in [9.17, 15) is 0 Å². The van der Waals surface area contributed by atoms with Crippen LogP contribution in [0.1, 0.15) is 13.3 Å². The molecular formula is C17H16N2OS. The highest BCUT2D eigenvalue weighted by molar-refractivity contribution is 7.18. The van der Waals surface area contributed by atoms with E-state index in [1.807, 2.05) is 36.5 Å². The van der Waals surface area contributed by atoms with E-state index in [1.54, 1.807) is 17.5 Å². The van der Waals surface area contributed by atoms with E-state index in [2.05, 4.69) is 29.0 Å². The Bertz CT molecular complexity index is 692. The van der Waals surface area contributed by atoms with E-state index in [1.165, 1.54) is 0 Å². The Morgan fingerprint density at radius 1 is 1.05 bits per heavy atom. The van der Waals surface area contributed by atoms with Gasteiger partial charge in [-0.25, -0.2) is 4.98 Å². The van der Waals surface area contributed by atoms with Gasteiger partial charge in [-0.3, -0.25) is 4.98 Å². The lowest BCUT2D eigenvalue weighted by Gasteiger charge is -2.04. The summed E-state index contributed by atoms with van der Waals surface area (Å²) in [6.45, 7) is 2.86. The molecule has 0 amide bonds. The Morgan fingerprint density at radius 2 is 1.90 bits per heavy atom. The Kier molecular flexibility index (Phi) is 4.26. The van der Waals surface area contributed by atoms with Gasteiger partial charge in [0.15, 0.2) is 0 Å². The van der Waals surface area contributed by atoms with Crippen molar-refractivity contribution in [2.24, 2.45) is 0 Å². The summed E-state index contributed by atoms with van der Waals surface area (Å²) in [5.74, 6) is 0.912. The van der Waals surface area contributed by atoms with Crippen molar-refractivity contribution in [1.82, 2.24) is 9.97 Å². The molecule has 4 heteroatoms. The summed E-state index contributed by atoms with van der Waals surface area (Å²) in [4.78, 5) is 9.93. The predicted molar refractivity (Wildman–Crippen MR) is 86.6 cm³/mol. The number of pyridine rings is 1. The van der Waals surface area contributed by atoms with E-state index >= 15 is 0 Å². The molecular weight excluding hydrogens is 280 g/mol. The molecule has 0 saturated carbocycles. The molecule has 0 unspecified atom stereocenters. The monoisotopic (exact) mass is 296 g/mol. The Morgan fingerprint density at radius 3 is 2.62 bits per heavy atom. The standard InChI is InChI=1S/C17H16N2OS/c1-2-11-20-14-8-6-13(7-9-14)16-12-19-17(21-16)15-5-3-4-10-18-15/h3-10,12H,2,11H2,1H3. The van der Waals surface area contributed by atoms with Gasteiger partial charge in [-0.2, -0.15) is 0 Å². The van der Waals surface area contributed by atoms with Crippen LogP contribution >= 0.6 is 11.3 Å². The second-order valence-electron chi connectivity index (χ2n) is 4.62. The summed E-state index contributed by atoms with van der Waals surface area (Å²) in [5, 5.41) is 0.942. The van der Waals surface area contributed by atoms with Gasteiger partial charge in [0.25, 0.3) is 0 Å². The van der Waals surface area contributed by atoms with Gasteiger partial charge in [-0.1, -0.05) is 13.0 Å². The maximum atomic E-state index is 5.60. The van der Waals surface area contributed by atoms with Crippen LogP contribution in [0.3, 0.4) is 0 Å². The Labute approximate surface area is 128 Å². The molecule has 0 bridgehead atoms. The summed E-state index contributed by atoms with van der Waals surface area (Å²) in [7, 11) is 0. The van der Waals surface area contributed by atoms with Crippen LogP contribution in [0.4, 0.5) is 0 Å². The summed E-state index contributed by atoms with van der Waals surface area (Å²) in [6, 6.07) is 14.0. The third-order valence-corrected chi connectivity index (χ3v) is 4.07. The normalized spacial score (nSPS) is 10.5. The van der Waals surface area contributed by atoms with E-state index in [0.717, 1.165) is 39.9 Å². The third kappa shape index (κ3) is 3.28. The highest BCUT2D eigenvalue weighted by Crippen LogP contribution is 2.31. The van der Waals surface area contributed by atoms with Crippen LogP contribution in [0.15, 0.2) is 54.9 Å². The van der Waals surface area contributed by atoms with Crippen LogP contribution in [-0.2, 0) is 0 Å². The predicted octanol–water partition coefficient (Wildman–Crippen LogP) is 4.66. The van der Waals surface area contributed by atoms with Crippen LogP contribution in [0.5, 0.6) is 5.75 Å². The van der Waals surface area contributed by atoms with Crippen molar-refractivity contribution in [3.05, 3.63) is 54.9 Å². The Balaban J connectivity index is 1.80. The van der Waals surface area contributed by atoms with Crippen molar-refractivity contribution in [2.45, 2.75) is 13.3 Å². The first-order chi connectivity index (χ1) is 10.4. The smallest absolute Gasteiger partial charge is 0.142 e. The molecule has 0 aliphatic heterocycles. The van der Waals surface area contributed by atoms with Crippen LogP contribution in [0.2, 0.25) is 0 Å². The van der Waals surface area contributed by atoms with Crippen molar-refractivity contribution in [2.75, 3.05) is 6.61 Å². The first-order valence-electron chi connectivity index (χ1n) is 6.97. The SMILES string of the molecule is CCCOc1ccc(-c2cnc(-c3ccccn3)s2)cc1. The summed E-state index contributed by atoms with van der Waals surface area (Å²) >= 11 is 1.65. The number of thiazole rings is 1. The molecule has 2 heterocycles. The molecule has 0 saturated heterocycles. The van der Waals surface area contributed by atoms with Gasteiger partial charge in [-0.05, 0) is 48.4 Å². The van der Waals surface area contributed by atoms with Crippen LogP contribution < -0.4 is 4.74 Å². The van der Waals surface area contributed by atoms with Gasteiger partial charge in [0.1, 0.15) is 10.8 Å². The van der Waals surface area contributed by atoms with Crippen LogP contribution in [0, 0.1) is 0 Å². The highest BCUT2D eigenvalue weighted by Gasteiger charge is 2.07. The number of ether oxygens (including phenoxy) is 1. The zero-order chi connectivity index (χ0) is 14.5. The van der Waals surface area contributed by atoms with Gasteiger partial charge >= 0.3 is 0 Å². The van der Waals surface area contributed by atoms with Crippen molar-refractivity contribution in [3.63, 3.8) is 0 Å². The van der Waals surface area contributed by atoms with Crippen molar-refractivity contribution in [3.8, 4) is 26.9 Å². The summed E-state index contributed by atoms with van der Waals surface area (Å²) < 4.78 is 5.60. The number of aromatic nitrogens is 2. The lowest BCUT2D eigenvalue weighted by Crippen LogP contribution is -1.94. The maximum Gasteiger partial charge on any atom is 0.142 e. The van der Waals surface area contributed by atoms with Crippen molar-refractivity contribution < 1.29 is 4.74 Å². The highest BCUT2D eigenvalue weighted by atomic mass is 32.1. The molecule has 0 aliphatic rings. The minimum Gasteiger partial charge on any atom is -0.494 e. The van der Waals surface area contributed by atoms with Gasteiger partial charge in [-0.15, -0.1) is 11.3 Å². The molecule has 3 aromatic rings. The number of hydrogen-bond donors (Lipinski definition) is 0. The quantitative estimate of drug-likeness (QED) is 0.686. The number of hydrogen-bond acceptors (Lipinski definition) is 4. The summed E-state index contributed by atoms with van der Waals surface area (Å²) in [5.41, 5.74) is 2.06. The maximum absolute atomic E-state index is 5.60. The van der Waals surface area contributed by atoms with E-state index in [0.29, 0.717) is 0 Å². The molecule has 2 aromatic heterocycles. The zero-order valence-electron chi connectivity index (χ0n) is 11.8. The van der Waals surface area contributed by atoms with E-state index in [4.69, 9.17) is 4.74 Å². The van der Waals surface area contributed by atoms with Crippen molar-refractivity contribution >= 4 is 11.3 Å². The third-order valence-electron chi connectivity index (χ3n) is 3.00. The van der Waals surface area contributed by atoms with Crippen molar-refractivity contribution in [1.29, 1.82) is 0 Å². The minimum atomic E-state index is 0.754. The van der Waals surface area contributed by atoms with Gasteiger partial charge in [0.2, 0.25) is 0 Å². The number of nitrogens with zero attached hydrogens (tertiary/aromatic N) is 2. The van der Waals surface area contributed by atoms with E-state index < -0.39 is 0 Å². The average molecular weight is 296 g/mol. The van der Waals surface area contributed by atoms with Gasteiger partial charge in [0, 0.05) is 12.4 Å². The first-order valence-corrected chi connectivity index (χ1v) is 7.79. The average Bonchev–Trinajstić information content (AvgIpc) is 3.04. The lowest BCUT2D eigenvalue weighted by molar-refractivity contribution is 0.317. The molecule has 0 N–H and O–H groups in total. The number of benzene rings is 1. The second kappa shape index (κ2) is 6.50. The molecule has 106 valence electrons. The zero-order valence-corrected chi connectivity index (χ0v) is 12.6. The largest absolute Gasteiger partial charge is 0.494 e. The molecule has 0 atom stereocenters. The molecule has 3 rings (SSSR count). The van der Waals surface area contributed by atoms with Crippen LogP contribution in [-0.4, -0.2) is 16.6 Å². The second-order valence-corrected chi connectivity index (χ2v) is 5.65. The van der Waals surface area contributed by atoms with Gasteiger partial charge < -0.3 is 4.74 Å². The molecule has 1 aromatic carbocycles. The molecule has 21 heavy (non-hydrogen) atoms. The molecule has 3 nitrogen and oxygen atoms in total. The fraction of sp³-hybridized carbons (Fsp3) is 0.176. The lowest BCUT2D eigenvalue weighted by atomic mass is 10.2. The van der Waals surface area contributed by atoms with Gasteiger partial charge in [0.05, 0.1) is 17.2 Å². The molecule has 0 radical (unpaired) electrons. The fourth-order valence-corrected chi connectivity index (χ4v) is 2.85. The van der Waals surface area contributed by atoms with Crippen LogP contribution in [0.25, 0.3) is 21.1 Å². The topological polar surface area (TPSA) is 35.0 Å². The fourth-order valence-electron chi connectivity index (χ4n) is 1.95. The van der Waals surface area contributed by atoms with E-state index in [-0.39, 0.29) is 0 Å². The minimum absolute atomic E-state index is 0.754. The molecule has 0 fully saturated rings. The Hall–Kier alpha value is -2.20. The first kappa shape index (κ1) is 13.8. The molecule has 0 aliphatic carbocycles. The summed E-state index contributed by atoms with van der Waals surface area (Å²) in [6.07, 6.45) is 4.71. The number of rotatable bonds is 5. The molecule has 0 spiro atoms.